The van der Waals surface area contributed by atoms with Gasteiger partial charge in [0.05, 0.1) is 0 Å². The minimum Gasteiger partial charge on any atom is -0.477 e. The lowest BCUT2D eigenvalue weighted by Gasteiger charge is -2.26. The topological polar surface area (TPSA) is 94.8 Å². The van der Waals surface area contributed by atoms with Crippen molar-refractivity contribution in [2.24, 2.45) is 0 Å². The van der Waals surface area contributed by atoms with E-state index in [1.54, 1.807) is 18.2 Å². The van der Waals surface area contributed by atoms with Crippen LogP contribution in [0.5, 0.6) is 23.0 Å². The van der Waals surface area contributed by atoms with Gasteiger partial charge in [0.1, 0.15) is 34.6 Å². The van der Waals surface area contributed by atoms with Gasteiger partial charge in [-0.3, -0.25) is 0 Å². The van der Waals surface area contributed by atoms with Crippen LogP contribution in [0.1, 0.15) is 5.56 Å². The zero-order valence-corrected chi connectivity index (χ0v) is 35.1. The maximum Gasteiger partial charge on any atom is 0.346 e. The number of carboxylic acids is 1. The average molecular weight is 844 g/mol. The minimum absolute atomic E-state index is 0.333. The summed E-state index contributed by atoms with van der Waals surface area (Å²) in [7, 11) is 0. The second kappa shape index (κ2) is 19.3. The van der Waals surface area contributed by atoms with E-state index in [2.05, 4.69) is 107 Å². The Labute approximate surface area is 378 Å². The molecule has 2 N–H and O–H groups in total. The molecule has 0 aliphatic heterocycles. The predicted octanol–water partition coefficient (Wildman–Crippen LogP) is 15.5. The van der Waals surface area contributed by atoms with Crippen LogP contribution in [0.25, 0.3) is 39.5 Å². The number of hydrogen-bond acceptors (Lipinski definition) is 6. The molecule has 312 valence electrons. The first-order valence-corrected chi connectivity index (χ1v) is 21.0. The van der Waals surface area contributed by atoms with E-state index in [1.807, 2.05) is 121 Å². The van der Waals surface area contributed by atoms with Crippen LogP contribution in [-0.4, -0.2) is 11.1 Å². The average Bonchev–Trinajstić information content (AvgIpc) is 3.36. The Bertz CT molecular complexity index is 3070. The van der Waals surface area contributed by atoms with E-state index in [0.29, 0.717) is 11.3 Å². The molecule has 9 rings (SSSR count). The molecule has 9 aromatic carbocycles. The number of anilines is 5. The van der Waals surface area contributed by atoms with Gasteiger partial charge in [0, 0.05) is 28.4 Å². The largest absolute Gasteiger partial charge is 0.477 e. The van der Waals surface area contributed by atoms with Crippen LogP contribution in [0.2, 0.25) is 0 Å². The van der Waals surface area contributed by atoms with Crippen LogP contribution in [0.4, 0.5) is 28.4 Å². The van der Waals surface area contributed by atoms with Gasteiger partial charge < -0.3 is 24.8 Å². The number of rotatable bonds is 14. The van der Waals surface area contributed by atoms with E-state index in [1.165, 1.54) is 11.6 Å². The quantitative estimate of drug-likeness (QED) is 0.0831. The molecule has 0 aliphatic carbocycles. The standard InChI is InChI=1S/C58H41N3O4/c59-40-48(58(62)63)39-41-11-25-51(26-12-41)61(53-29-37-57(38-30-53)65-55-33-19-47(20-34-55)43-9-5-2-6-10-43)52-27-15-45(16-28-52)44-13-21-49(22-14-44)60-50-23-35-56(36-24-50)64-54-31-17-46(18-32-54)42-7-3-1-4-8-42/h1-39,60H,(H,62,63)/b48-39+. The maximum absolute atomic E-state index is 11.5. The van der Waals surface area contributed by atoms with E-state index in [9.17, 15) is 15.2 Å². The van der Waals surface area contributed by atoms with Crippen LogP contribution in [0.3, 0.4) is 0 Å². The fraction of sp³-hybridized carbons (Fsp3) is 0. The number of hydrogen-bond donors (Lipinski definition) is 2. The third kappa shape index (κ3) is 10.2. The summed E-state index contributed by atoms with van der Waals surface area (Å²) in [6, 6.07) is 78.3. The van der Waals surface area contributed by atoms with Gasteiger partial charge in [-0.2, -0.15) is 5.26 Å². The summed E-state index contributed by atoms with van der Waals surface area (Å²) < 4.78 is 12.3. The molecule has 0 radical (unpaired) electrons. The van der Waals surface area contributed by atoms with E-state index < -0.39 is 5.97 Å². The van der Waals surface area contributed by atoms with Gasteiger partial charge in [0.15, 0.2) is 0 Å². The second-order valence-electron chi connectivity index (χ2n) is 15.2. The molecule has 0 fully saturated rings. The van der Waals surface area contributed by atoms with Gasteiger partial charge >= 0.3 is 5.97 Å². The summed E-state index contributed by atoms with van der Waals surface area (Å²) in [4.78, 5) is 13.6. The first-order chi connectivity index (χ1) is 31.9. The van der Waals surface area contributed by atoms with E-state index in [4.69, 9.17) is 9.47 Å². The predicted molar refractivity (Wildman–Crippen MR) is 261 cm³/mol. The highest BCUT2D eigenvalue weighted by Gasteiger charge is 2.15. The summed E-state index contributed by atoms with van der Waals surface area (Å²) in [5, 5.41) is 22.2. The highest BCUT2D eigenvalue weighted by molar-refractivity contribution is 5.96. The molecule has 0 heterocycles. The first kappa shape index (κ1) is 41.2. The molecule has 65 heavy (non-hydrogen) atoms. The Kier molecular flexibility index (Phi) is 12.2. The molecule has 0 spiro atoms. The smallest absolute Gasteiger partial charge is 0.346 e. The molecular weight excluding hydrogens is 803 g/mol. The maximum atomic E-state index is 11.5. The molecule has 0 atom stereocenters. The second-order valence-corrected chi connectivity index (χ2v) is 15.2. The summed E-state index contributed by atoms with van der Waals surface area (Å²) in [6.45, 7) is 0. The zero-order chi connectivity index (χ0) is 44.4. The molecule has 0 saturated heterocycles. The number of nitrogens with one attached hydrogen (secondary N) is 1. The Morgan fingerprint density at radius 1 is 0.431 bits per heavy atom. The number of carboxylic acid groups (broad SMARTS) is 1. The molecule has 0 saturated carbocycles. The summed E-state index contributed by atoms with van der Waals surface area (Å²) in [5.74, 6) is 1.70. The van der Waals surface area contributed by atoms with Gasteiger partial charge in [-0.05, 0) is 154 Å². The van der Waals surface area contributed by atoms with Crippen LogP contribution < -0.4 is 19.7 Å². The van der Waals surface area contributed by atoms with Gasteiger partial charge in [-0.15, -0.1) is 0 Å². The number of carbonyl (C=O) groups is 1. The third-order valence-electron chi connectivity index (χ3n) is 10.8. The molecule has 0 aliphatic rings. The molecular formula is C58H41N3O4. The lowest BCUT2D eigenvalue weighted by atomic mass is 10.0. The van der Waals surface area contributed by atoms with Crippen molar-refractivity contribution in [3.8, 4) is 62.4 Å². The molecule has 7 nitrogen and oxygen atoms in total. The summed E-state index contributed by atoms with van der Waals surface area (Å²) in [6.07, 6.45) is 1.36. The molecule has 7 heteroatoms. The minimum atomic E-state index is -1.27. The highest BCUT2D eigenvalue weighted by Crippen LogP contribution is 2.38. The molecule has 9 aromatic rings. The molecule has 0 aromatic heterocycles. The van der Waals surface area contributed by atoms with Crippen LogP contribution in [0, 0.1) is 11.3 Å². The Morgan fingerprint density at radius 2 is 0.738 bits per heavy atom. The van der Waals surface area contributed by atoms with Crippen molar-refractivity contribution in [2.45, 2.75) is 0 Å². The number of nitriles is 1. The van der Waals surface area contributed by atoms with Crippen molar-refractivity contribution in [3.05, 3.63) is 242 Å². The van der Waals surface area contributed by atoms with Crippen molar-refractivity contribution in [1.29, 1.82) is 5.26 Å². The lowest BCUT2D eigenvalue weighted by molar-refractivity contribution is -0.132. The van der Waals surface area contributed by atoms with Crippen LogP contribution >= 0.6 is 0 Å². The number of ether oxygens (including phenoxy) is 2. The van der Waals surface area contributed by atoms with Crippen molar-refractivity contribution in [2.75, 3.05) is 10.2 Å². The Hall–Kier alpha value is -9.12. The first-order valence-electron chi connectivity index (χ1n) is 21.0. The molecule has 0 amide bonds. The number of nitrogens with zero attached hydrogens (tertiary/aromatic N) is 2. The lowest BCUT2D eigenvalue weighted by Crippen LogP contribution is -2.09. The van der Waals surface area contributed by atoms with Crippen molar-refractivity contribution in [1.82, 2.24) is 0 Å². The summed E-state index contributed by atoms with van der Waals surface area (Å²) in [5.41, 5.74) is 11.5. The normalized spacial score (nSPS) is 11.0. The number of aliphatic carboxylic acids is 1. The van der Waals surface area contributed by atoms with Crippen LogP contribution in [0.15, 0.2) is 236 Å². The summed E-state index contributed by atoms with van der Waals surface area (Å²) >= 11 is 0. The Morgan fingerprint density at radius 3 is 1.14 bits per heavy atom. The van der Waals surface area contributed by atoms with Crippen molar-refractivity contribution < 1.29 is 19.4 Å². The highest BCUT2D eigenvalue weighted by atomic mass is 16.5. The molecule has 0 unspecified atom stereocenters. The fourth-order valence-electron chi connectivity index (χ4n) is 7.42. The fourth-order valence-corrected chi connectivity index (χ4v) is 7.42. The van der Waals surface area contributed by atoms with E-state index in [-0.39, 0.29) is 5.57 Å². The molecule has 0 bridgehead atoms. The van der Waals surface area contributed by atoms with E-state index in [0.717, 1.165) is 73.5 Å². The SMILES string of the molecule is N#C/C(=C\c1ccc(N(c2ccc(Oc3ccc(-c4ccccc4)cc3)cc2)c2ccc(-c3ccc(Nc4ccc(Oc5ccc(-c6ccccc6)cc5)cc4)cc3)cc2)cc1)C(=O)O. The zero-order valence-electron chi connectivity index (χ0n) is 35.1. The van der Waals surface area contributed by atoms with E-state index >= 15 is 0 Å². The van der Waals surface area contributed by atoms with Gasteiger partial charge in [-0.1, -0.05) is 121 Å². The van der Waals surface area contributed by atoms with Gasteiger partial charge in [0.2, 0.25) is 0 Å². The van der Waals surface area contributed by atoms with Crippen molar-refractivity contribution in [3.63, 3.8) is 0 Å². The Balaban J connectivity index is 0.888. The number of benzene rings is 9. The van der Waals surface area contributed by atoms with Crippen LogP contribution in [-0.2, 0) is 4.79 Å². The van der Waals surface area contributed by atoms with Crippen molar-refractivity contribution >= 4 is 40.5 Å². The van der Waals surface area contributed by atoms with Gasteiger partial charge in [0.25, 0.3) is 0 Å². The monoisotopic (exact) mass is 843 g/mol. The third-order valence-corrected chi connectivity index (χ3v) is 10.8. The van der Waals surface area contributed by atoms with Gasteiger partial charge in [-0.25, -0.2) is 4.79 Å².